The second-order valence-corrected chi connectivity index (χ2v) is 2.98. The highest BCUT2D eigenvalue weighted by atomic mass is 19.4. The number of hydrogen-bond acceptors (Lipinski definition) is 1. The van der Waals surface area contributed by atoms with E-state index in [-0.39, 0.29) is 0 Å². The molecule has 1 nitrogen and oxygen atoms in total. The van der Waals surface area contributed by atoms with Crippen LogP contribution in [0.25, 0.3) is 0 Å². The molecule has 0 saturated heterocycles. The van der Waals surface area contributed by atoms with Gasteiger partial charge in [0, 0.05) is 11.4 Å². The van der Waals surface area contributed by atoms with Crippen LogP contribution in [0.2, 0.25) is 0 Å². The van der Waals surface area contributed by atoms with Crippen molar-refractivity contribution in [3.8, 4) is 0 Å². The fraction of sp³-hybridized carbons (Fsp3) is 0.200. The Hall–Kier alpha value is -1.45. The lowest BCUT2D eigenvalue weighted by Gasteiger charge is -2.09. The van der Waals surface area contributed by atoms with Crippen LogP contribution in [-0.2, 0) is 6.18 Å². The molecule has 76 valence electrons. The van der Waals surface area contributed by atoms with E-state index in [0.717, 1.165) is 12.1 Å². The molecule has 0 bridgehead atoms. The van der Waals surface area contributed by atoms with Crippen LogP contribution in [0.15, 0.2) is 36.5 Å². The summed E-state index contributed by atoms with van der Waals surface area (Å²) in [7, 11) is 0. The molecule has 0 aliphatic heterocycles. The van der Waals surface area contributed by atoms with Crippen molar-refractivity contribution in [2.24, 2.45) is 0 Å². The van der Waals surface area contributed by atoms with Gasteiger partial charge >= 0.3 is 6.18 Å². The molecule has 4 heteroatoms. The number of nitrogens with one attached hydrogen (secondary N) is 1. The largest absolute Gasteiger partial charge is 0.416 e. The summed E-state index contributed by atoms with van der Waals surface area (Å²) in [6.07, 6.45) is -4.30. The predicted molar refractivity (Wildman–Crippen MR) is 49.9 cm³/mol. The second-order valence-electron chi connectivity index (χ2n) is 2.98. The van der Waals surface area contributed by atoms with Crippen molar-refractivity contribution < 1.29 is 13.2 Å². The van der Waals surface area contributed by atoms with Gasteiger partial charge in [0.1, 0.15) is 0 Å². The van der Waals surface area contributed by atoms with E-state index in [1.807, 2.05) is 0 Å². The molecule has 0 amide bonds. The summed E-state index contributed by atoms with van der Waals surface area (Å²) < 4.78 is 36.8. The highest BCUT2D eigenvalue weighted by Gasteiger charge is 2.30. The van der Waals surface area contributed by atoms with E-state index in [1.165, 1.54) is 6.07 Å². The van der Waals surface area contributed by atoms with Gasteiger partial charge in [-0.2, -0.15) is 13.2 Å². The summed E-state index contributed by atoms with van der Waals surface area (Å²) in [6, 6.07) is 5.00. The molecule has 0 fully saturated rings. The van der Waals surface area contributed by atoms with E-state index in [9.17, 15) is 13.2 Å². The van der Waals surface area contributed by atoms with Crippen molar-refractivity contribution in [3.63, 3.8) is 0 Å². The number of alkyl halides is 3. The summed E-state index contributed by atoms with van der Waals surface area (Å²) in [5.41, 5.74) is 0.334. The Kier molecular flexibility index (Phi) is 2.84. The third-order valence-electron chi connectivity index (χ3n) is 1.55. The van der Waals surface area contributed by atoms with Gasteiger partial charge in [-0.25, -0.2) is 0 Å². The fourth-order valence-corrected chi connectivity index (χ4v) is 1.02. The average molecular weight is 201 g/mol. The minimum Gasteiger partial charge on any atom is -0.360 e. The number of hydrogen-bond donors (Lipinski definition) is 1. The number of anilines is 1. The quantitative estimate of drug-likeness (QED) is 0.770. The molecule has 1 rings (SSSR count). The minimum absolute atomic E-state index is 0.396. The molecule has 0 atom stereocenters. The molecule has 1 aromatic rings. The van der Waals surface area contributed by atoms with Gasteiger partial charge < -0.3 is 5.32 Å². The van der Waals surface area contributed by atoms with E-state index < -0.39 is 11.7 Å². The van der Waals surface area contributed by atoms with Gasteiger partial charge in [0.2, 0.25) is 0 Å². The molecular formula is C10H10F3N. The van der Waals surface area contributed by atoms with Crippen molar-refractivity contribution in [2.45, 2.75) is 13.1 Å². The smallest absolute Gasteiger partial charge is 0.360 e. The topological polar surface area (TPSA) is 12.0 Å². The SMILES string of the molecule is C=C(C)Nc1cccc(C(F)(F)F)c1. The standard InChI is InChI=1S/C10H10F3N/c1-7(2)14-9-5-3-4-8(6-9)10(11,12)13/h3-6,14H,1H2,2H3. The van der Waals surface area contributed by atoms with Gasteiger partial charge in [0.05, 0.1) is 5.56 Å². The van der Waals surface area contributed by atoms with Crippen LogP contribution in [0.4, 0.5) is 18.9 Å². The Morgan fingerprint density at radius 2 is 2.00 bits per heavy atom. The minimum atomic E-state index is -4.30. The summed E-state index contributed by atoms with van der Waals surface area (Å²) >= 11 is 0. The van der Waals surface area contributed by atoms with Crippen molar-refractivity contribution in [2.75, 3.05) is 5.32 Å². The van der Waals surface area contributed by atoms with Gasteiger partial charge in [-0.15, -0.1) is 0 Å². The molecule has 1 N–H and O–H groups in total. The maximum atomic E-state index is 12.3. The van der Waals surface area contributed by atoms with Gasteiger partial charge in [0.25, 0.3) is 0 Å². The van der Waals surface area contributed by atoms with Gasteiger partial charge in [-0.1, -0.05) is 12.6 Å². The van der Waals surface area contributed by atoms with E-state index in [4.69, 9.17) is 0 Å². The lowest BCUT2D eigenvalue weighted by atomic mass is 10.2. The molecule has 0 heterocycles. The second kappa shape index (κ2) is 3.74. The van der Waals surface area contributed by atoms with Crippen LogP contribution in [-0.4, -0.2) is 0 Å². The van der Waals surface area contributed by atoms with Gasteiger partial charge in [-0.3, -0.25) is 0 Å². The molecule has 0 unspecified atom stereocenters. The Morgan fingerprint density at radius 1 is 1.36 bits per heavy atom. The molecule has 0 spiro atoms. The summed E-state index contributed by atoms with van der Waals surface area (Å²) in [6.45, 7) is 5.23. The maximum absolute atomic E-state index is 12.3. The first kappa shape index (κ1) is 10.6. The summed E-state index contributed by atoms with van der Waals surface area (Å²) in [4.78, 5) is 0. The first-order valence-electron chi connectivity index (χ1n) is 3.99. The zero-order valence-corrected chi connectivity index (χ0v) is 7.65. The highest BCUT2D eigenvalue weighted by Crippen LogP contribution is 2.30. The van der Waals surface area contributed by atoms with Crippen molar-refractivity contribution >= 4 is 5.69 Å². The Labute approximate surface area is 80.2 Å². The number of allylic oxidation sites excluding steroid dienone is 1. The van der Waals surface area contributed by atoms with E-state index in [2.05, 4.69) is 11.9 Å². The molecule has 0 aromatic heterocycles. The first-order valence-corrected chi connectivity index (χ1v) is 3.99. The van der Waals surface area contributed by atoms with Crippen LogP contribution < -0.4 is 5.32 Å². The molecule has 1 aromatic carbocycles. The molecule has 0 aliphatic carbocycles. The van der Waals surface area contributed by atoms with Crippen molar-refractivity contribution in [3.05, 3.63) is 42.1 Å². The Morgan fingerprint density at radius 3 is 2.50 bits per heavy atom. The van der Waals surface area contributed by atoms with E-state index >= 15 is 0 Å². The summed E-state index contributed by atoms with van der Waals surface area (Å²) in [5, 5.41) is 2.72. The normalized spacial score (nSPS) is 11.1. The highest BCUT2D eigenvalue weighted by molar-refractivity contribution is 5.49. The lowest BCUT2D eigenvalue weighted by Crippen LogP contribution is -2.05. The third-order valence-corrected chi connectivity index (χ3v) is 1.55. The first-order chi connectivity index (χ1) is 6.39. The molecular weight excluding hydrogens is 191 g/mol. The molecule has 0 radical (unpaired) electrons. The Bertz CT molecular complexity index is 341. The third kappa shape index (κ3) is 2.80. The monoisotopic (exact) mass is 201 g/mol. The maximum Gasteiger partial charge on any atom is 0.416 e. The van der Waals surface area contributed by atoms with E-state index in [0.29, 0.717) is 11.4 Å². The van der Waals surface area contributed by atoms with Crippen molar-refractivity contribution in [1.29, 1.82) is 0 Å². The fourth-order valence-electron chi connectivity index (χ4n) is 1.02. The van der Waals surface area contributed by atoms with Crippen LogP contribution >= 0.6 is 0 Å². The average Bonchev–Trinajstić information content (AvgIpc) is 2.01. The Balaban J connectivity index is 2.95. The number of rotatable bonds is 2. The predicted octanol–water partition coefficient (Wildman–Crippen LogP) is 3.65. The van der Waals surface area contributed by atoms with Gasteiger partial charge in [0.15, 0.2) is 0 Å². The van der Waals surface area contributed by atoms with Crippen LogP contribution in [0, 0.1) is 0 Å². The van der Waals surface area contributed by atoms with E-state index in [1.54, 1.807) is 13.0 Å². The van der Waals surface area contributed by atoms with Gasteiger partial charge in [-0.05, 0) is 25.1 Å². The zero-order chi connectivity index (χ0) is 10.8. The van der Waals surface area contributed by atoms with Crippen LogP contribution in [0.3, 0.4) is 0 Å². The molecule has 0 saturated carbocycles. The van der Waals surface area contributed by atoms with Crippen molar-refractivity contribution in [1.82, 2.24) is 0 Å². The number of halogens is 3. The molecule has 0 aliphatic rings. The summed E-state index contributed by atoms with van der Waals surface area (Å²) in [5.74, 6) is 0. The number of benzene rings is 1. The zero-order valence-electron chi connectivity index (χ0n) is 7.65. The van der Waals surface area contributed by atoms with Crippen LogP contribution in [0.1, 0.15) is 12.5 Å². The van der Waals surface area contributed by atoms with Crippen LogP contribution in [0.5, 0.6) is 0 Å². The lowest BCUT2D eigenvalue weighted by molar-refractivity contribution is -0.137. The molecule has 14 heavy (non-hydrogen) atoms.